The molecule has 0 bridgehead atoms. The molecule has 47 heavy (non-hydrogen) atoms. The van der Waals surface area contributed by atoms with E-state index in [2.05, 4.69) is 5.32 Å². The number of ketones is 1. The van der Waals surface area contributed by atoms with Gasteiger partial charge in [-0.05, 0) is 55.8 Å². The summed E-state index contributed by atoms with van der Waals surface area (Å²) in [6.07, 6.45) is 4.38. The number of likely N-dealkylation sites (N-methyl/N-ethyl adjacent to an activating group) is 3. The maximum absolute atomic E-state index is 14.3. The molecule has 0 spiro atoms. The highest BCUT2D eigenvalue weighted by Gasteiger charge is 2.43. The average molecular weight is 667 g/mol. The molecule has 1 unspecified atom stereocenters. The highest BCUT2D eigenvalue weighted by Crippen LogP contribution is 2.23. The third kappa shape index (κ3) is 14.5. The van der Waals surface area contributed by atoms with Gasteiger partial charge in [0.1, 0.15) is 18.1 Å². The van der Waals surface area contributed by atoms with E-state index in [4.69, 9.17) is 0 Å². The van der Waals surface area contributed by atoms with Gasteiger partial charge in [-0.2, -0.15) is 0 Å². The van der Waals surface area contributed by atoms with E-state index in [9.17, 15) is 29.1 Å². The molecule has 4 amide bonds. The summed E-state index contributed by atoms with van der Waals surface area (Å²) >= 11 is 0. The highest BCUT2D eigenvalue weighted by molar-refractivity contribution is 5.96. The number of hydrogen-bond acceptors (Lipinski definition) is 6. The summed E-state index contributed by atoms with van der Waals surface area (Å²) in [7, 11) is 4.66. The third-order valence-electron chi connectivity index (χ3n) is 8.48. The lowest BCUT2D eigenvalue weighted by Crippen LogP contribution is -2.62. The number of Topliss-reactive ketones (excluding diaryl/α,β-unsaturated/α-hetero) is 1. The number of carbonyl (C=O) groups is 5. The molecule has 0 radical (unpaired) electrons. The van der Waals surface area contributed by atoms with Gasteiger partial charge in [-0.25, -0.2) is 0 Å². The van der Waals surface area contributed by atoms with E-state index in [0.29, 0.717) is 32.1 Å². The predicted molar refractivity (Wildman–Crippen MR) is 191 cm³/mol. The van der Waals surface area contributed by atoms with Crippen LogP contribution in [0.5, 0.6) is 0 Å². The van der Waals surface area contributed by atoms with Crippen LogP contribution in [-0.2, 0) is 24.0 Å². The van der Waals surface area contributed by atoms with Gasteiger partial charge in [0.05, 0.1) is 12.1 Å². The monoisotopic (exact) mass is 667 g/mol. The smallest absolute Gasteiger partial charge is 0.246 e. The highest BCUT2D eigenvalue weighted by atomic mass is 16.3. The minimum atomic E-state index is -1.31. The second-order valence-electron chi connectivity index (χ2n) is 14.6. The van der Waals surface area contributed by atoms with Gasteiger partial charge < -0.3 is 25.1 Å². The minimum Gasteiger partial charge on any atom is -0.390 e. The van der Waals surface area contributed by atoms with E-state index in [1.165, 1.54) is 21.7 Å². The molecule has 10 nitrogen and oxygen atoms in total. The zero-order valence-electron chi connectivity index (χ0n) is 31.3. The van der Waals surface area contributed by atoms with Gasteiger partial charge in [-0.15, -0.1) is 0 Å². The van der Waals surface area contributed by atoms with E-state index >= 15 is 0 Å². The standard InChI is InChI=1S/C36H66N4O6.CH4/c1-15-17-18-26(11)33(43)32(34(44)37-27(16-2)29(41)20-23(5)6)40(14)36(46)31(25(9)10)39(13)35(45)28(19-22(3)4)38(12)30(42)21-24(7)8;/h15,17,22-28,31-33,43H,16,18-21H2,1-14H3,(H,37,44);1H4/b17-15+;/t26-,27?,28+,31+,32+,33-;/m1./s1. The molecular formula is C37H70N4O6. The van der Waals surface area contributed by atoms with Crippen LogP contribution in [0.15, 0.2) is 12.2 Å². The van der Waals surface area contributed by atoms with Crippen LogP contribution in [0.25, 0.3) is 0 Å². The van der Waals surface area contributed by atoms with Gasteiger partial charge in [-0.3, -0.25) is 24.0 Å². The number of amides is 4. The van der Waals surface area contributed by atoms with Crippen molar-refractivity contribution in [2.75, 3.05) is 21.1 Å². The van der Waals surface area contributed by atoms with Crippen molar-refractivity contribution in [1.29, 1.82) is 0 Å². The first-order chi connectivity index (χ1) is 21.2. The largest absolute Gasteiger partial charge is 0.390 e. The number of hydrogen-bond donors (Lipinski definition) is 2. The summed E-state index contributed by atoms with van der Waals surface area (Å²) in [6.45, 7) is 20.9. The van der Waals surface area contributed by atoms with Crippen molar-refractivity contribution in [3.63, 3.8) is 0 Å². The predicted octanol–water partition coefficient (Wildman–Crippen LogP) is 5.32. The summed E-state index contributed by atoms with van der Waals surface area (Å²) < 4.78 is 0. The summed E-state index contributed by atoms with van der Waals surface area (Å²) in [6, 6.07) is -3.79. The first-order valence-corrected chi connectivity index (χ1v) is 17.1. The molecule has 2 N–H and O–H groups in total. The number of nitrogens with one attached hydrogen (secondary N) is 1. The molecule has 0 aliphatic heterocycles. The molecule has 0 aliphatic rings. The summed E-state index contributed by atoms with van der Waals surface area (Å²) in [5.74, 6) is -2.12. The van der Waals surface area contributed by atoms with Crippen molar-refractivity contribution in [3.05, 3.63) is 12.2 Å². The van der Waals surface area contributed by atoms with Crippen LogP contribution in [0.2, 0.25) is 0 Å². The maximum Gasteiger partial charge on any atom is 0.246 e. The van der Waals surface area contributed by atoms with E-state index in [0.717, 1.165) is 0 Å². The first-order valence-electron chi connectivity index (χ1n) is 17.1. The van der Waals surface area contributed by atoms with Crippen molar-refractivity contribution in [1.82, 2.24) is 20.0 Å². The maximum atomic E-state index is 14.3. The number of allylic oxidation sites excluding steroid dienone is 2. The van der Waals surface area contributed by atoms with Crippen LogP contribution in [-0.4, -0.2) is 101 Å². The van der Waals surface area contributed by atoms with Crippen molar-refractivity contribution < 1.29 is 29.1 Å². The molecule has 0 aromatic carbocycles. The Bertz CT molecular complexity index is 1020. The van der Waals surface area contributed by atoms with Crippen molar-refractivity contribution in [2.24, 2.45) is 29.6 Å². The van der Waals surface area contributed by atoms with Gasteiger partial charge in [0.25, 0.3) is 0 Å². The molecule has 0 saturated heterocycles. The molecule has 0 heterocycles. The van der Waals surface area contributed by atoms with Crippen LogP contribution < -0.4 is 5.32 Å². The molecular weight excluding hydrogens is 596 g/mol. The molecule has 10 heteroatoms. The van der Waals surface area contributed by atoms with E-state index in [-0.39, 0.29) is 54.6 Å². The van der Waals surface area contributed by atoms with E-state index in [1.807, 2.05) is 81.4 Å². The lowest BCUT2D eigenvalue weighted by atomic mass is 9.91. The lowest BCUT2D eigenvalue weighted by molar-refractivity contribution is -0.156. The van der Waals surface area contributed by atoms with Crippen molar-refractivity contribution in [3.8, 4) is 0 Å². The Kier molecular flexibility index (Phi) is 21.7. The van der Waals surface area contributed by atoms with Crippen LogP contribution in [0.4, 0.5) is 0 Å². The molecule has 0 aliphatic carbocycles. The molecule has 0 aromatic rings. The van der Waals surface area contributed by atoms with Crippen LogP contribution in [0.1, 0.15) is 116 Å². The number of aliphatic hydroxyl groups excluding tert-OH is 1. The fourth-order valence-electron chi connectivity index (χ4n) is 5.73. The van der Waals surface area contributed by atoms with E-state index < -0.39 is 42.1 Å². The Balaban J connectivity index is 0. The summed E-state index contributed by atoms with van der Waals surface area (Å²) in [4.78, 5) is 72.3. The van der Waals surface area contributed by atoms with Crippen LogP contribution >= 0.6 is 0 Å². The Morgan fingerprint density at radius 2 is 1.26 bits per heavy atom. The van der Waals surface area contributed by atoms with Crippen molar-refractivity contribution >= 4 is 29.4 Å². The Morgan fingerprint density at radius 1 is 0.745 bits per heavy atom. The SMILES string of the molecule is C.C/C=C/C[C@@H](C)[C@@H](O)[C@@H](C(=O)NC(CC)C(=O)CC(C)C)N(C)C(=O)[C@H](C(C)C)N(C)C(=O)[C@H](CC(C)C)N(C)C(=O)CC(C)C. The third-order valence-corrected chi connectivity index (χ3v) is 8.48. The first kappa shape index (κ1) is 46.4. The van der Waals surface area contributed by atoms with Gasteiger partial charge in [0.15, 0.2) is 5.78 Å². The molecule has 0 rings (SSSR count). The van der Waals surface area contributed by atoms with Gasteiger partial charge >= 0.3 is 0 Å². The number of nitrogens with zero attached hydrogens (tertiary/aromatic N) is 3. The molecule has 274 valence electrons. The summed E-state index contributed by atoms with van der Waals surface area (Å²) in [5.41, 5.74) is 0. The fraction of sp³-hybridized carbons (Fsp3) is 0.811. The fourth-order valence-corrected chi connectivity index (χ4v) is 5.73. The lowest BCUT2D eigenvalue weighted by Gasteiger charge is -2.40. The van der Waals surface area contributed by atoms with E-state index in [1.54, 1.807) is 21.0 Å². The topological polar surface area (TPSA) is 127 Å². The second-order valence-corrected chi connectivity index (χ2v) is 14.6. The van der Waals surface area contributed by atoms with Gasteiger partial charge in [0.2, 0.25) is 23.6 Å². The summed E-state index contributed by atoms with van der Waals surface area (Å²) in [5, 5.41) is 14.3. The Hall–Kier alpha value is -2.75. The number of aliphatic hydroxyl groups is 1. The quantitative estimate of drug-likeness (QED) is 0.169. The Labute approximate surface area is 287 Å². The molecule has 0 aromatic heterocycles. The minimum absolute atomic E-state index is 0. The normalized spacial score (nSPS) is 15.6. The average Bonchev–Trinajstić information content (AvgIpc) is 2.95. The van der Waals surface area contributed by atoms with Crippen molar-refractivity contribution in [2.45, 2.75) is 146 Å². The zero-order valence-corrected chi connectivity index (χ0v) is 31.3. The molecule has 6 atom stereocenters. The van der Waals surface area contributed by atoms with Gasteiger partial charge in [0, 0.05) is 34.0 Å². The molecule has 0 fully saturated rings. The van der Waals surface area contributed by atoms with Gasteiger partial charge in [-0.1, -0.05) is 88.8 Å². The number of rotatable bonds is 20. The molecule has 0 saturated carbocycles. The Morgan fingerprint density at radius 3 is 1.68 bits per heavy atom. The van der Waals surface area contributed by atoms with Crippen LogP contribution in [0.3, 0.4) is 0 Å². The van der Waals surface area contributed by atoms with Crippen LogP contribution in [0, 0.1) is 29.6 Å². The number of carbonyl (C=O) groups excluding carboxylic acids is 5. The second kappa shape index (κ2) is 22.0. The zero-order chi connectivity index (χ0) is 36.0.